The van der Waals surface area contributed by atoms with Crippen LogP contribution >= 0.6 is 0 Å². The monoisotopic (exact) mass is 151 g/mol. The van der Waals surface area contributed by atoms with Gasteiger partial charge in [0, 0.05) is 6.92 Å². The molecule has 0 aromatic carbocycles. The van der Waals surface area contributed by atoms with Gasteiger partial charge in [0.25, 0.3) is 0 Å². The van der Waals surface area contributed by atoms with Crippen LogP contribution in [0.2, 0.25) is 0 Å². The van der Waals surface area contributed by atoms with Crippen molar-refractivity contribution in [3.8, 4) is 0 Å². The van der Waals surface area contributed by atoms with E-state index in [0.717, 1.165) is 0 Å². The van der Waals surface area contributed by atoms with E-state index < -0.39 is 0 Å². The molecule has 0 amide bonds. The Morgan fingerprint density at radius 3 is 2.55 bits per heavy atom. The minimum atomic E-state index is -0.114. The highest BCUT2D eigenvalue weighted by Crippen LogP contribution is 2.12. The van der Waals surface area contributed by atoms with Gasteiger partial charge in [-0.25, -0.2) is 0 Å². The molecule has 0 aliphatic heterocycles. The molecular formula is C7H9N3O. The molecule has 4 N–H and O–H groups in total. The smallest absolute Gasteiger partial charge is 0.178 e. The van der Waals surface area contributed by atoms with E-state index in [0.29, 0.717) is 17.1 Å². The minimum absolute atomic E-state index is 0.114. The van der Waals surface area contributed by atoms with Crippen LogP contribution < -0.4 is 11.5 Å². The predicted octanol–water partition coefficient (Wildman–Crippen LogP) is 0.449. The quantitative estimate of drug-likeness (QED) is 0.571. The summed E-state index contributed by atoms with van der Waals surface area (Å²) in [5.74, 6) is -0.114. The molecule has 0 fully saturated rings. The average Bonchev–Trinajstić information content (AvgIpc) is 1.94. The Labute approximate surface area is 64.2 Å². The number of anilines is 2. The average molecular weight is 151 g/mol. The van der Waals surface area contributed by atoms with Gasteiger partial charge in [-0.1, -0.05) is 0 Å². The number of carbonyl (C=O) groups excluding carboxylic acids is 1. The largest absolute Gasteiger partial charge is 0.397 e. The van der Waals surface area contributed by atoms with Crippen molar-refractivity contribution in [2.75, 3.05) is 11.5 Å². The lowest BCUT2D eigenvalue weighted by Gasteiger charge is -1.99. The first kappa shape index (κ1) is 7.53. The van der Waals surface area contributed by atoms with Crippen LogP contribution in [0, 0.1) is 0 Å². The summed E-state index contributed by atoms with van der Waals surface area (Å²) in [4.78, 5) is 14.5. The molecule has 4 heteroatoms. The van der Waals surface area contributed by atoms with Crippen LogP contribution in [0.15, 0.2) is 12.3 Å². The summed E-state index contributed by atoms with van der Waals surface area (Å²) in [6.07, 6.45) is 1.38. The first-order chi connectivity index (χ1) is 5.11. The fraction of sp³-hybridized carbons (Fsp3) is 0.143. The summed E-state index contributed by atoms with van der Waals surface area (Å²) in [5.41, 5.74) is 12.0. The van der Waals surface area contributed by atoms with Gasteiger partial charge in [-0.15, -0.1) is 0 Å². The second-order valence-corrected chi connectivity index (χ2v) is 2.25. The molecule has 0 aliphatic rings. The van der Waals surface area contributed by atoms with E-state index in [9.17, 15) is 4.79 Å². The van der Waals surface area contributed by atoms with Crippen molar-refractivity contribution in [1.29, 1.82) is 0 Å². The van der Waals surface area contributed by atoms with Crippen molar-refractivity contribution in [2.45, 2.75) is 6.92 Å². The minimum Gasteiger partial charge on any atom is -0.397 e. The van der Waals surface area contributed by atoms with Crippen molar-refractivity contribution in [1.82, 2.24) is 4.98 Å². The number of nitrogen functional groups attached to an aromatic ring is 2. The number of Topliss-reactive ketones (excluding diaryl/α,β-unsaturated/α-hetero) is 1. The van der Waals surface area contributed by atoms with Gasteiger partial charge in [0.2, 0.25) is 0 Å². The van der Waals surface area contributed by atoms with Crippen molar-refractivity contribution >= 4 is 17.2 Å². The van der Waals surface area contributed by atoms with Crippen molar-refractivity contribution < 1.29 is 4.79 Å². The molecule has 11 heavy (non-hydrogen) atoms. The molecule has 1 heterocycles. The van der Waals surface area contributed by atoms with Crippen LogP contribution in [0.25, 0.3) is 0 Å². The zero-order chi connectivity index (χ0) is 8.43. The third kappa shape index (κ3) is 1.46. The van der Waals surface area contributed by atoms with E-state index in [4.69, 9.17) is 11.5 Å². The third-order valence-corrected chi connectivity index (χ3v) is 1.33. The predicted molar refractivity (Wildman–Crippen MR) is 43.1 cm³/mol. The van der Waals surface area contributed by atoms with Gasteiger partial charge in [0.05, 0.1) is 17.6 Å². The molecule has 0 saturated heterocycles. The first-order valence-corrected chi connectivity index (χ1v) is 3.13. The van der Waals surface area contributed by atoms with Crippen LogP contribution in [0.4, 0.5) is 11.4 Å². The molecule has 1 aromatic heterocycles. The number of ketones is 1. The third-order valence-electron chi connectivity index (χ3n) is 1.33. The highest BCUT2D eigenvalue weighted by molar-refractivity contribution is 5.93. The Hall–Kier alpha value is -1.58. The maximum absolute atomic E-state index is 10.8. The van der Waals surface area contributed by atoms with E-state index >= 15 is 0 Å². The Kier molecular flexibility index (Phi) is 1.76. The zero-order valence-electron chi connectivity index (χ0n) is 6.16. The number of pyridine rings is 1. The van der Waals surface area contributed by atoms with E-state index in [-0.39, 0.29) is 5.78 Å². The molecule has 0 bridgehead atoms. The molecule has 4 nitrogen and oxygen atoms in total. The molecule has 1 aromatic rings. The number of carbonyl (C=O) groups is 1. The molecule has 0 unspecified atom stereocenters. The van der Waals surface area contributed by atoms with Gasteiger partial charge < -0.3 is 11.5 Å². The van der Waals surface area contributed by atoms with Crippen LogP contribution in [-0.4, -0.2) is 10.8 Å². The standard InChI is InChI=1S/C7H9N3O/c1-4(11)7-2-5(8)6(9)3-10-7/h2-3H,9H2,1H3,(H2,8,10). The Morgan fingerprint density at radius 1 is 1.45 bits per heavy atom. The normalized spacial score (nSPS) is 9.55. The lowest BCUT2D eigenvalue weighted by Crippen LogP contribution is -2.01. The van der Waals surface area contributed by atoms with Gasteiger partial charge in [-0.05, 0) is 6.07 Å². The van der Waals surface area contributed by atoms with E-state index in [2.05, 4.69) is 4.98 Å². The summed E-state index contributed by atoms with van der Waals surface area (Å²) in [6.45, 7) is 1.43. The number of nitrogens with zero attached hydrogens (tertiary/aromatic N) is 1. The lowest BCUT2D eigenvalue weighted by atomic mass is 10.2. The summed E-state index contributed by atoms with van der Waals surface area (Å²) in [7, 11) is 0. The maximum atomic E-state index is 10.8. The highest BCUT2D eigenvalue weighted by Gasteiger charge is 2.02. The zero-order valence-corrected chi connectivity index (χ0v) is 6.16. The fourth-order valence-electron chi connectivity index (χ4n) is 0.674. The summed E-state index contributed by atoms with van der Waals surface area (Å²) >= 11 is 0. The Bertz CT molecular complexity index is 296. The van der Waals surface area contributed by atoms with Crippen LogP contribution in [-0.2, 0) is 0 Å². The molecule has 0 spiro atoms. The summed E-state index contributed by atoms with van der Waals surface area (Å²) < 4.78 is 0. The summed E-state index contributed by atoms with van der Waals surface area (Å²) in [6, 6.07) is 1.47. The Balaban J connectivity index is 3.15. The number of nitrogens with two attached hydrogens (primary N) is 2. The van der Waals surface area contributed by atoms with E-state index in [1.165, 1.54) is 19.2 Å². The highest BCUT2D eigenvalue weighted by atomic mass is 16.1. The number of aromatic nitrogens is 1. The second-order valence-electron chi connectivity index (χ2n) is 2.25. The molecule has 0 radical (unpaired) electrons. The van der Waals surface area contributed by atoms with Crippen LogP contribution in [0.1, 0.15) is 17.4 Å². The van der Waals surface area contributed by atoms with Crippen molar-refractivity contribution in [2.24, 2.45) is 0 Å². The van der Waals surface area contributed by atoms with E-state index in [1.54, 1.807) is 0 Å². The summed E-state index contributed by atoms with van der Waals surface area (Å²) in [5, 5.41) is 0. The van der Waals surface area contributed by atoms with Crippen LogP contribution in [0.3, 0.4) is 0 Å². The van der Waals surface area contributed by atoms with Crippen LogP contribution in [0.5, 0.6) is 0 Å². The molecular weight excluding hydrogens is 142 g/mol. The van der Waals surface area contributed by atoms with Gasteiger partial charge >= 0.3 is 0 Å². The van der Waals surface area contributed by atoms with Gasteiger partial charge in [-0.2, -0.15) is 0 Å². The topological polar surface area (TPSA) is 82.0 Å². The second kappa shape index (κ2) is 2.57. The van der Waals surface area contributed by atoms with Crippen molar-refractivity contribution in [3.05, 3.63) is 18.0 Å². The molecule has 0 atom stereocenters. The maximum Gasteiger partial charge on any atom is 0.178 e. The molecule has 1 rings (SSSR count). The fourth-order valence-corrected chi connectivity index (χ4v) is 0.674. The van der Waals surface area contributed by atoms with Gasteiger partial charge in [0.15, 0.2) is 5.78 Å². The number of hydrogen-bond acceptors (Lipinski definition) is 4. The molecule has 0 saturated carbocycles. The van der Waals surface area contributed by atoms with E-state index in [1.807, 2.05) is 0 Å². The molecule has 58 valence electrons. The Morgan fingerprint density at radius 2 is 2.09 bits per heavy atom. The first-order valence-electron chi connectivity index (χ1n) is 3.13. The van der Waals surface area contributed by atoms with Crippen molar-refractivity contribution in [3.63, 3.8) is 0 Å². The van der Waals surface area contributed by atoms with Gasteiger partial charge in [-0.3, -0.25) is 9.78 Å². The van der Waals surface area contributed by atoms with Gasteiger partial charge in [0.1, 0.15) is 5.69 Å². The number of rotatable bonds is 1. The SMILES string of the molecule is CC(=O)c1cc(N)c(N)cn1. The number of hydrogen-bond donors (Lipinski definition) is 2. The molecule has 0 aliphatic carbocycles. The lowest BCUT2D eigenvalue weighted by molar-refractivity contribution is 0.101.